The molecule has 0 unspecified atom stereocenters. The molecule has 1 saturated carbocycles. The van der Waals surface area contributed by atoms with Gasteiger partial charge < -0.3 is 0 Å². The molecule has 2 aromatic rings. The van der Waals surface area contributed by atoms with E-state index in [0.29, 0.717) is 11.8 Å². The number of alkyl halides is 3. The summed E-state index contributed by atoms with van der Waals surface area (Å²) in [5, 5.41) is 0. The van der Waals surface area contributed by atoms with Crippen molar-refractivity contribution in [2.24, 2.45) is 5.92 Å². The Kier molecular flexibility index (Phi) is 7.37. The number of hydrogen-bond donors (Lipinski definition) is 0. The molecule has 1 fully saturated rings. The topological polar surface area (TPSA) is 0 Å². The summed E-state index contributed by atoms with van der Waals surface area (Å²) in [6.07, 6.45) is 5.86. The summed E-state index contributed by atoms with van der Waals surface area (Å²) < 4.78 is 51.3. The highest BCUT2D eigenvalue weighted by Gasteiger charge is 2.33. The second kappa shape index (κ2) is 9.98. The number of rotatable bonds is 4. The maximum Gasteiger partial charge on any atom is 0.419 e. The van der Waals surface area contributed by atoms with Gasteiger partial charge in [-0.15, -0.1) is 0 Å². The Morgan fingerprint density at radius 1 is 1.00 bits per heavy atom. The molecular weight excluding hydrogens is 388 g/mol. The Morgan fingerprint density at radius 2 is 1.70 bits per heavy atom. The van der Waals surface area contributed by atoms with Crippen molar-refractivity contribution >= 4 is 0 Å². The minimum absolute atomic E-state index is 0.236. The molecule has 0 radical (unpaired) electrons. The molecule has 0 bridgehead atoms. The zero-order valence-electron chi connectivity index (χ0n) is 17.1. The number of hydrogen-bond acceptors (Lipinski definition) is 0. The van der Waals surface area contributed by atoms with Gasteiger partial charge in [-0.3, -0.25) is 0 Å². The second-order valence-corrected chi connectivity index (χ2v) is 7.92. The number of allylic oxidation sites excluding steroid dienone is 2. The van der Waals surface area contributed by atoms with E-state index in [-0.39, 0.29) is 5.56 Å². The third-order valence-corrected chi connectivity index (χ3v) is 5.70. The van der Waals surface area contributed by atoms with Crippen LogP contribution in [0.2, 0.25) is 0 Å². The fourth-order valence-corrected chi connectivity index (χ4v) is 4.02. The van der Waals surface area contributed by atoms with Crippen molar-refractivity contribution in [1.29, 1.82) is 0 Å². The van der Waals surface area contributed by atoms with Gasteiger partial charge in [-0.05, 0) is 79.3 Å². The summed E-state index contributed by atoms with van der Waals surface area (Å²) in [5.41, 5.74) is 1.78. The van der Waals surface area contributed by atoms with Crippen molar-refractivity contribution in [2.45, 2.75) is 57.5 Å². The number of halogens is 4. The van der Waals surface area contributed by atoms with E-state index in [2.05, 4.69) is 49.1 Å². The molecule has 1 aliphatic rings. The normalized spacial score (nSPS) is 19.5. The van der Waals surface area contributed by atoms with Crippen LogP contribution < -0.4 is 0 Å². The van der Waals surface area contributed by atoms with Crippen LogP contribution >= 0.6 is 0 Å². The van der Waals surface area contributed by atoms with Crippen LogP contribution in [0.3, 0.4) is 0 Å². The van der Waals surface area contributed by atoms with E-state index >= 15 is 0 Å². The van der Waals surface area contributed by atoms with Gasteiger partial charge in [0.05, 0.1) is 5.56 Å². The van der Waals surface area contributed by atoms with Crippen molar-refractivity contribution in [3.63, 3.8) is 0 Å². The first-order valence-corrected chi connectivity index (χ1v) is 10.5. The van der Waals surface area contributed by atoms with Gasteiger partial charge in [-0.2, -0.15) is 13.2 Å². The maximum absolute atomic E-state index is 13.6. The van der Waals surface area contributed by atoms with Gasteiger partial charge in [-0.1, -0.05) is 55.5 Å². The lowest BCUT2D eigenvalue weighted by Gasteiger charge is -2.27. The zero-order valence-corrected chi connectivity index (χ0v) is 17.1. The van der Waals surface area contributed by atoms with Crippen LogP contribution in [0.15, 0.2) is 54.6 Å². The first-order valence-electron chi connectivity index (χ1n) is 10.5. The van der Waals surface area contributed by atoms with Crippen LogP contribution in [0.1, 0.15) is 67.2 Å². The Bertz CT molecular complexity index is 918. The monoisotopic (exact) mass is 414 g/mol. The predicted octanol–water partition coefficient (Wildman–Crippen LogP) is 7.68. The van der Waals surface area contributed by atoms with Crippen molar-refractivity contribution in [3.05, 3.63) is 82.7 Å². The molecular formula is C26H26F4. The molecule has 0 amide bonds. The maximum atomic E-state index is 13.6. The second-order valence-electron chi connectivity index (χ2n) is 7.92. The molecule has 4 heteroatoms. The van der Waals surface area contributed by atoms with E-state index in [1.54, 1.807) is 6.08 Å². The van der Waals surface area contributed by atoms with Crippen molar-refractivity contribution in [3.8, 4) is 11.8 Å². The van der Waals surface area contributed by atoms with Crippen molar-refractivity contribution in [1.82, 2.24) is 0 Å². The van der Waals surface area contributed by atoms with Crippen LogP contribution in [-0.4, -0.2) is 0 Å². The molecule has 0 aromatic heterocycles. The van der Waals surface area contributed by atoms with Gasteiger partial charge in [-0.25, -0.2) is 4.39 Å². The highest BCUT2D eigenvalue weighted by molar-refractivity contribution is 5.40. The Balaban J connectivity index is 1.51. The van der Waals surface area contributed by atoms with E-state index in [1.807, 2.05) is 0 Å². The van der Waals surface area contributed by atoms with Gasteiger partial charge in [0.25, 0.3) is 0 Å². The lowest BCUT2D eigenvalue weighted by molar-refractivity contribution is -0.140. The van der Waals surface area contributed by atoms with E-state index in [9.17, 15) is 17.6 Å². The van der Waals surface area contributed by atoms with Crippen molar-refractivity contribution < 1.29 is 17.6 Å². The average molecular weight is 414 g/mol. The van der Waals surface area contributed by atoms with E-state index in [1.165, 1.54) is 17.2 Å². The molecule has 0 heterocycles. The molecule has 158 valence electrons. The standard InChI is InChI=1S/C26H26F4/c1-2-5-19-8-13-22(14-9-19)23-15-10-20(11-16-23)6-3-4-7-21-12-17-24(25(27)18-21)26(28,29)30/h3,6,8-9,12-14,17-18,20,23H,2,5,10-11,15-16H2,1H3. The fraction of sp³-hybridized carbons (Fsp3) is 0.385. The van der Waals surface area contributed by atoms with Crippen LogP contribution in [0.4, 0.5) is 17.6 Å². The molecule has 30 heavy (non-hydrogen) atoms. The summed E-state index contributed by atoms with van der Waals surface area (Å²) in [6, 6.07) is 11.8. The SMILES string of the molecule is CCCc1ccc(C2CCC(C=CC#Cc3ccc(C(F)(F)F)c(F)c3)CC2)cc1. The molecule has 0 spiro atoms. The van der Waals surface area contributed by atoms with E-state index < -0.39 is 17.6 Å². The Labute approximate surface area is 176 Å². The molecule has 0 N–H and O–H groups in total. The number of aryl methyl sites for hydroxylation is 1. The third-order valence-electron chi connectivity index (χ3n) is 5.70. The lowest BCUT2D eigenvalue weighted by Crippen LogP contribution is -2.11. The van der Waals surface area contributed by atoms with Crippen LogP contribution in [0.5, 0.6) is 0 Å². The van der Waals surface area contributed by atoms with E-state index in [4.69, 9.17) is 0 Å². The summed E-state index contributed by atoms with van der Waals surface area (Å²) >= 11 is 0. The first kappa shape index (κ1) is 22.2. The van der Waals surface area contributed by atoms with Gasteiger partial charge in [0.15, 0.2) is 0 Å². The smallest absolute Gasteiger partial charge is 0.206 e. The predicted molar refractivity (Wildman–Crippen MR) is 113 cm³/mol. The van der Waals surface area contributed by atoms with E-state index in [0.717, 1.165) is 50.7 Å². The summed E-state index contributed by atoms with van der Waals surface area (Å²) in [4.78, 5) is 0. The third kappa shape index (κ3) is 5.98. The van der Waals surface area contributed by atoms with Crippen molar-refractivity contribution in [2.75, 3.05) is 0 Å². The van der Waals surface area contributed by atoms with Crippen LogP contribution in [0.25, 0.3) is 0 Å². The first-order chi connectivity index (χ1) is 14.4. The molecule has 0 aliphatic heterocycles. The van der Waals surface area contributed by atoms with Gasteiger partial charge >= 0.3 is 6.18 Å². The Morgan fingerprint density at radius 3 is 2.30 bits per heavy atom. The quantitative estimate of drug-likeness (QED) is 0.355. The zero-order chi connectivity index (χ0) is 21.6. The summed E-state index contributed by atoms with van der Waals surface area (Å²) in [7, 11) is 0. The van der Waals surface area contributed by atoms with Gasteiger partial charge in [0.2, 0.25) is 0 Å². The van der Waals surface area contributed by atoms with Crippen LogP contribution in [-0.2, 0) is 12.6 Å². The fourth-order valence-electron chi connectivity index (χ4n) is 4.02. The molecule has 2 aromatic carbocycles. The highest BCUT2D eigenvalue weighted by Crippen LogP contribution is 2.36. The lowest BCUT2D eigenvalue weighted by atomic mass is 9.78. The average Bonchev–Trinajstić information content (AvgIpc) is 2.72. The molecule has 0 atom stereocenters. The minimum Gasteiger partial charge on any atom is -0.206 e. The molecule has 3 rings (SSSR count). The van der Waals surface area contributed by atoms with Gasteiger partial charge in [0, 0.05) is 5.56 Å². The largest absolute Gasteiger partial charge is 0.419 e. The van der Waals surface area contributed by atoms with Crippen LogP contribution in [0, 0.1) is 23.6 Å². The number of benzene rings is 2. The van der Waals surface area contributed by atoms with Gasteiger partial charge in [0.1, 0.15) is 5.82 Å². The Hall–Kier alpha value is -2.54. The minimum atomic E-state index is -4.69. The molecule has 0 saturated heterocycles. The molecule has 1 aliphatic carbocycles. The summed E-state index contributed by atoms with van der Waals surface area (Å²) in [5.74, 6) is 5.30. The molecule has 0 nitrogen and oxygen atoms in total. The summed E-state index contributed by atoms with van der Waals surface area (Å²) in [6.45, 7) is 2.19. The highest BCUT2D eigenvalue weighted by atomic mass is 19.4.